The number of nitrogens with zero attached hydrogens (tertiary/aromatic N) is 1. The Balaban J connectivity index is 0.000000640. The summed E-state index contributed by atoms with van der Waals surface area (Å²) in [5.74, 6) is 0. The van der Waals surface area contributed by atoms with Crippen LogP contribution in [0, 0.1) is 6.07 Å². The SMILES string of the molecule is CCc1c[c-]ccn1.[Y]. The van der Waals surface area contributed by atoms with Crippen molar-refractivity contribution < 1.29 is 32.7 Å². The maximum Gasteiger partial charge on any atom is 0 e. The molecule has 2 heteroatoms. The van der Waals surface area contributed by atoms with Gasteiger partial charge in [0.05, 0.1) is 0 Å². The Morgan fingerprint density at radius 3 is 2.78 bits per heavy atom. The Labute approximate surface area is 80.8 Å². The molecular formula is C7H8NY-. The van der Waals surface area contributed by atoms with Crippen LogP contribution in [-0.2, 0) is 39.1 Å². The summed E-state index contributed by atoms with van der Waals surface area (Å²) >= 11 is 0. The number of pyridine rings is 1. The summed E-state index contributed by atoms with van der Waals surface area (Å²) in [6, 6.07) is 6.66. The van der Waals surface area contributed by atoms with Crippen LogP contribution in [0.2, 0.25) is 0 Å². The Morgan fingerprint density at radius 1 is 1.67 bits per heavy atom. The first-order valence-electron chi connectivity index (χ1n) is 2.74. The van der Waals surface area contributed by atoms with E-state index in [0.29, 0.717) is 0 Å². The monoisotopic (exact) mass is 195 g/mol. The molecule has 0 aliphatic rings. The minimum Gasteiger partial charge on any atom is -0.388 e. The summed E-state index contributed by atoms with van der Waals surface area (Å²) < 4.78 is 0. The van der Waals surface area contributed by atoms with Crippen molar-refractivity contribution in [1.29, 1.82) is 0 Å². The van der Waals surface area contributed by atoms with E-state index < -0.39 is 0 Å². The smallest absolute Gasteiger partial charge is 0 e. The van der Waals surface area contributed by atoms with Crippen LogP contribution in [0.3, 0.4) is 0 Å². The van der Waals surface area contributed by atoms with Gasteiger partial charge in [-0.3, -0.25) is 0 Å². The van der Waals surface area contributed by atoms with E-state index in [0.717, 1.165) is 12.1 Å². The molecule has 0 aliphatic carbocycles. The molecule has 1 rings (SSSR count). The van der Waals surface area contributed by atoms with Crippen molar-refractivity contribution in [2.75, 3.05) is 0 Å². The summed E-state index contributed by atoms with van der Waals surface area (Å²) in [6.45, 7) is 2.08. The summed E-state index contributed by atoms with van der Waals surface area (Å²) in [6.07, 6.45) is 2.76. The molecule has 0 unspecified atom stereocenters. The molecule has 1 radical (unpaired) electrons. The second-order valence-corrected chi connectivity index (χ2v) is 1.60. The third-order valence-electron chi connectivity index (χ3n) is 1.02. The first kappa shape index (κ1) is 9.25. The zero-order valence-corrected chi connectivity index (χ0v) is 8.30. The van der Waals surface area contributed by atoms with Gasteiger partial charge >= 0.3 is 0 Å². The fourth-order valence-corrected chi connectivity index (χ4v) is 0.551. The van der Waals surface area contributed by atoms with Crippen LogP contribution in [0.15, 0.2) is 18.3 Å². The van der Waals surface area contributed by atoms with Crippen molar-refractivity contribution in [3.05, 3.63) is 30.1 Å². The second kappa shape index (κ2) is 5.07. The van der Waals surface area contributed by atoms with Gasteiger partial charge in [0.15, 0.2) is 0 Å². The van der Waals surface area contributed by atoms with Gasteiger partial charge in [-0.25, -0.2) is 0 Å². The van der Waals surface area contributed by atoms with Gasteiger partial charge in [-0.05, 0) is 0 Å². The van der Waals surface area contributed by atoms with Gasteiger partial charge in [-0.15, -0.1) is 0 Å². The zero-order valence-electron chi connectivity index (χ0n) is 5.46. The van der Waals surface area contributed by atoms with Gasteiger partial charge in [-0.1, -0.05) is 25.2 Å². The number of hydrogen-bond acceptors (Lipinski definition) is 1. The molecule has 9 heavy (non-hydrogen) atoms. The van der Waals surface area contributed by atoms with Crippen molar-refractivity contribution in [2.45, 2.75) is 13.3 Å². The molecule has 0 bridgehead atoms. The van der Waals surface area contributed by atoms with E-state index in [-0.39, 0.29) is 32.7 Å². The Bertz CT molecular complexity index is 150. The quantitative estimate of drug-likeness (QED) is 0.618. The molecule has 0 amide bonds. The van der Waals surface area contributed by atoms with Gasteiger partial charge < -0.3 is 4.98 Å². The molecule has 1 aromatic heterocycles. The molecule has 45 valence electrons. The summed E-state index contributed by atoms with van der Waals surface area (Å²) in [4.78, 5) is 4.07. The summed E-state index contributed by atoms with van der Waals surface area (Å²) in [5.41, 5.74) is 1.10. The maximum atomic E-state index is 4.07. The minimum absolute atomic E-state index is 0. The number of hydrogen-bond donors (Lipinski definition) is 0. The van der Waals surface area contributed by atoms with E-state index >= 15 is 0 Å². The first-order valence-corrected chi connectivity index (χ1v) is 2.74. The van der Waals surface area contributed by atoms with E-state index in [2.05, 4.69) is 18.0 Å². The van der Waals surface area contributed by atoms with Gasteiger partial charge in [0.1, 0.15) is 0 Å². The summed E-state index contributed by atoms with van der Waals surface area (Å²) in [5, 5.41) is 0. The van der Waals surface area contributed by atoms with Crippen LogP contribution in [0.4, 0.5) is 0 Å². The predicted octanol–water partition coefficient (Wildman–Crippen LogP) is 1.44. The molecule has 0 fully saturated rings. The van der Waals surface area contributed by atoms with Crippen LogP contribution in [-0.4, -0.2) is 4.98 Å². The van der Waals surface area contributed by atoms with Crippen molar-refractivity contribution >= 4 is 0 Å². The normalized spacial score (nSPS) is 8.11. The fraction of sp³-hybridized carbons (Fsp3) is 0.286. The van der Waals surface area contributed by atoms with E-state index in [1.165, 1.54) is 0 Å². The molecule has 1 nitrogen and oxygen atoms in total. The molecule has 1 aromatic rings. The topological polar surface area (TPSA) is 12.9 Å². The van der Waals surface area contributed by atoms with Crippen molar-refractivity contribution in [1.82, 2.24) is 4.98 Å². The largest absolute Gasteiger partial charge is 0.388 e. The zero-order chi connectivity index (χ0) is 5.82. The van der Waals surface area contributed by atoms with Crippen LogP contribution >= 0.6 is 0 Å². The Morgan fingerprint density at radius 2 is 2.44 bits per heavy atom. The van der Waals surface area contributed by atoms with Crippen LogP contribution < -0.4 is 0 Å². The molecular weight excluding hydrogens is 187 g/mol. The average Bonchev–Trinajstić information content (AvgIpc) is 1.90. The molecule has 0 N–H and O–H groups in total. The van der Waals surface area contributed by atoms with Gasteiger partial charge in [-0.2, -0.15) is 18.2 Å². The average molecular weight is 195 g/mol. The third-order valence-corrected chi connectivity index (χ3v) is 1.02. The van der Waals surface area contributed by atoms with Crippen molar-refractivity contribution in [3.8, 4) is 0 Å². The number of rotatable bonds is 1. The first-order chi connectivity index (χ1) is 3.93. The van der Waals surface area contributed by atoms with Gasteiger partial charge in [0.25, 0.3) is 0 Å². The van der Waals surface area contributed by atoms with E-state index in [1.54, 1.807) is 12.3 Å². The molecule has 1 heterocycles. The second-order valence-electron chi connectivity index (χ2n) is 1.60. The summed E-state index contributed by atoms with van der Waals surface area (Å²) in [7, 11) is 0. The Hall–Kier alpha value is 0.254. The Kier molecular flexibility index (Phi) is 5.21. The van der Waals surface area contributed by atoms with Crippen LogP contribution in [0.25, 0.3) is 0 Å². The number of aryl methyl sites for hydroxylation is 1. The molecule has 0 atom stereocenters. The molecule has 0 aromatic carbocycles. The van der Waals surface area contributed by atoms with Crippen LogP contribution in [0.1, 0.15) is 12.6 Å². The molecule has 0 aliphatic heterocycles. The number of aromatic nitrogens is 1. The standard InChI is InChI=1S/C7H8N.Y/c1-2-7-5-3-4-6-8-7;/h4-6H,2H2,1H3;/q-1;. The molecule has 0 saturated heterocycles. The van der Waals surface area contributed by atoms with Crippen molar-refractivity contribution in [3.63, 3.8) is 0 Å². The third kappa shape index (κ3) is 3.07. The van der Waals surface area contributed by atoms with Gasteiger partial charge in [0.2, 0.25) is 0 Å². The van der Waals surface area contributed by atoms with E-state index in [9.17, 15) is 0 Å². The predicted molar refractivity (Wildman–Crippen MR) is 32.5 cm³/mol. The van der Waals surface area contributed by atoms with Crippen LogP contribution in [0.5, 0.6) is 0 Å². The van der Waals surface area contributed by atoms with Gasteiger partial charge in [0, 0.05) is 32.7 Å². The molecule has 0 spiro atoms. The fourth-order valence-electron chi connectivity index (χ4n) is 0.551. The van der Waals surface area contributed by atoms with E-state index in [1.807, 2.05) is 6.07 Å². The minimum atomic E-state index is 0. The van der Waals surface area contributed by atoms with E-state index in [4.69, 9.17) is 0 Å². The maximum absolute atomic E-state index is 4.07. The molecule has 0 saturated carbocycles. The van der Waals surface area contributed by atoms with Crippen molar-refractivity contribution in [2.24, 2.45) is 0 Å².